The normalized spacial score (nSPS) is 11.4. The summed E-state index contributed by atoms with van der Waals surface area (Å²) in [5.41, 5.74) is 72.7. The molecule has 0 saturated carbocycles. The van der Waals surface area contributed by atoms with Crippen LogP contribution in [0.4, 0.5) is 46.4 Å². The van der Waals surface area contributed by atoms with Crippen LogP contribution in [-0.2, 0) is 55.8 Å². The Hall–Kier alpha value is -20.5. The Balaban J connectivity index is 0.0000000992. The summed E-state index contributed by atoms with van der Waals surface area (Å²) in [4.78, 5) is 64.4. The summed E-state index contributed by atoms with van der Waals surface area (Å²) in [5.74, 6) is 2.53. The van der Waals surface area contributed by atoms with E-state index in [0.29, 0.717) is 80.0 Å². The zero-order valence-electron chi connectivity index (χ0n) is 78.4. The molecule has 0 radical (unpaired) electrons. The van der Waals surface area contributed by atoms with Crippen molar-refractivity contribution in [1.82, 2.24) is 158 Å². The summed E-state index contributed by atoms with van der Waals surface area (Å²) >= 11 is 0. The first-order valence-electron chi connectivity index (χ1n) is 44.7. The lowest BCUT2D eigenvalue weighted by molar-refractivity contribution is 0.404. The van der Waals surface area contributed by atoms with Gasteiger partial charge in [-0.3, -0.25) is 5.10 Å². The number of hydrogen-bond acceptors (Lipinski definition) is 34. The molecule has 21 N–H and O–H groups in total. The number of H-pyrrole nitrogens is 3. The number of rotatable bonds is 8. The van der Waals surface area contributed by atoms with Crippen LogP contribution in [0.2, 0.25) is 0 Å². The van der Waals surface area contributed by atoms with E-state index in [0.717, 1.165) is 195 Å². The number of benzene rings is 8. The molecule has 44 heteroatoms. The van der Waals surface area contributed by atoms with Crippen molar-refractivity contribution in [2.75, 3.05) is 45.9 Å². The Labute approximate surface area is 812 Å². The summed E-state index contributed by atoms with van der Waals surface area (Å²) in [6.07, 6.45) is 16.6. The molecule has 8 aromatic carbocycles. The molecule has 27 rings (SSSR count). The second-order valence-corrected chi connectivity index (χ2v) is 33.6. The molecule has 0 atom stereocenters. The number of phenols is 2. The average molecular weight is 1910 g/mol. The van der Waals surface area contributed by atoms with Gasteiger partial charge < -0.3 is 74.9 Å². The molecule has 0 aliphatic heterocycles. The summed E-state index contributed by atoms with van der Waals surface area (Å²) in [6.45, 7) is 4.19. The van der Waals surface area contributed by atoms with Gasteiger partial charge in [0, 0.05) is 155 Å². The Morgan fingerprint density at radius 3 is 1.20 bits per heavy atom. The van der Waals surface area contributed by atoms with Crippen LogP contribution >= 0.6 is 0 Å². The third-order valence-corrected chi connectivity index (χ3v) is 24.6. The fourth-order valence-electron chi connectivity index (χ4n) is 17.6. The fourth-order valence-corrected chi connectivity index (χ4v) is 17.6. The predicted octanol–water partition coefficient (Wildman–Crippen LogP) is 14.6. The Bertz CT molecular complexity index is 9480. The Morgan fingerprint density at radius 2 is 0.722 bits per heavy atom. The average Bonchev–Trinajstić information content (AvgIpc) is 1.59. The second-order valence-electron chi connectivity index (χ2n) is 33.6. The van der Waals surface area contributed by atoms with Gasteiger partial charge in [0.05, 0.1) is 49.5 Å². The van der Waals surface area contributed by atoms with Crippen molar-refractivity contribution in [3.63, 3.8) is 0 Å². The predicted molar refractivity (Wildman–Crippen MR) is 555 cm³/mol. The maximum absolute atomic E-state index is 9.56. The van der Waals surface area contributed by atoms with Crippen molar-refractivity contribution in [3.05, 3.63) is 244 Å². The van der Waals surface area contributed by atoms with Crippen LogP contribution in [-0.4, -0.2) is 169 Å². The van der Waals surface area contributed by atoms with Gasteiger partial charge in [0.2, 0.25) is 0 Å². The molecule has 0 unspecified atom stereocenters. The number of aryl methyl sites for hydroxylation is 9. The number of aromatic nitrogens is 32. The highest BCUT2D eigenvalue weighted by atomic mass is 16.3. The number of hydrogen-bond donors (Lipinski definition) is 13. The van der Waals surface area contributed by atoms with Crippen LogP contribution in [0, 0.1) is 6.92 Å². The molecule has 27 aromatic rings. The number of aromatic hydroxyl groups is 2. The van der Waals surface area contributed by atoms with E-state index in [-0.39, 0.29) is 11.5 Å². The van der Waals surface area contributed by atoms with Crippen molar-refractivity contribution >= 4 is 189 Å². The summed E-state index contributed by atoms with van der Waals surface area (Å²) in [5, 5.41) is 69.8. The standard InChI is InChI=1S/C18H13N5O.C15H15N7.C15H14N6.C14H12N6.C14H11N5O.C12H12N6.C12H11N5O2/c1-23-18-14(17(19)20-9-21-18)15(22-23)12-7-4-6-11-10-5-2-3-8-13(10)24-16(11)12;1-3-10-9-5-4-8(6-11(9)20-19-10)13-12-14(16)17-7-18-15(12)22(2)21-13;1-8-6-17-11-5-9(3-4-10(8)11)13-12-14(16)18-7-19-15(12)21(2)20-13;1-20-14-11(13(15)17-7-18-14)12(19-20)9-2-3-10-8(6-9)4-5-16-10;1-19-14-11(13(15)16-7-17-14)12(18-19)9-2-3-10-8(6-9)4-5-20-10;1-18-12-9(11(14)15-6-16-12)10(17-18)7-2-4-8(13)5-3-7;1-17-12-9(11(13)14-5-15-12)10(16-17)6-2-3-7(18)8(19)4-6/h2-9H,1H3,(H2,19,20,21);4-7H,3H2,1-2H3,(H,19,20)(H2,16,17,18);3-7,17H,1-2H3,(H2,16,18,19);2-7,16H,1H3,(H2,15,17,18);2-7H,1H3,(H2,15,16,17);2-6H,13H2,1H3,(H2,14,15,16);2-5,18-19H,1H3,(H2,13,14,15). The smallest absolute Gasteiger partial charge is 0.163 e. The maximum atomic E-state index is 9.56. The Kier molecular flexibility index (Phi) is 22.8. The maximum Gasteiger partial charge on any atom is 0.163 e. The molecule has 0 fully saturated rings. The quantitative estimate of drug-likeness (QED) is 0.0496. The molecular weight excluding hydrogens is 1830 g/mol. The van der Waals surface area contributed by atoms with E-state index in [4.69, 9.17) is 54.7 Å². The van der Waals surface area contributed by atoms with E-state index in [1.54, 1.807) is 52.1 Å². The first-order valence-corrected chi connectivity index (χ1v) is 44.7. The van der Waals surface area contributed by atoms with Crippen LogP contribution in [0.5, 0.6) is 11.5 Å². The molecule has 44 nitrogen and oxygen atoms in total. The van der Waals surface area contributed by atoms with Gasteiger partial charge in [-0.25, -0.2) is 103 Å². The largest absolute Gasteiger partial charge is 0.504 e. The van der Waals surface area contributed by atoms with E-state index in [9.17, 15) is 10.2 Å². The zero-order valence-corrected chi connectivity index (χ0v) is 78.4. The van der Waals surface area contributed by atoms with Gasteiger partial charge in [0.25, 0.3) is 0 Å². The first-order chi connectivity index (χ1) is 69.8. The number of nitrogens with two attached hydrogens (primary N) is 8. The molecule has 19 heterocycles. The summed E-state index contributed by atoms with van der Waals surface area (Å²) < 4.78 is 23.3. The van der Waals surface area contributed by atoms with Gasteiger partial charge in [-0.1, -0.05) is 79.7 Å². The Morgan fingerprint density at radius 1 is 0.326 bits per heavy atom. The molecule has 0 bridgehead atoms. The number of nitrogens with one attached hydrogen (secondary N) is 3. The minimum Gasteiger partial charge on any atom is -0.504 e. The molecule has 0 saturated heterocycles. The summed E-state index contributed by atoms with van der Waals surface area (Å²) in [6, 6.07) is 54.3. The lowest BCUT2D eigenvalue weighted by atomic mass is 10.1. The van der Waals surface area contributed by atoms with Crippen molar-refractivity contribution in [3.8, 4) is 90.3 Å². The minimum atomic E-state index is -0.216. The minimum absolute atomic E-state index is 0.187. The van der Waals surface area contributed by atoms with Crippen molar-refractivity contribution < 1.29 is 19.0 Å². The van der Waals surface area contributed by atoms with E-state index in [2.05, 4.69) is 182 Å². The molecule has 19 aromatic heterocycles. The zero-order chi connectivity index (χ0) is 99.7. The SMILES string of the molecule is CCc1[nH]nc2cc(-c3nn(C)c4ncnc(N)c34)ccc12.Cc1c[nH]c2cc(-c3nn(C)c4ncnc(N)c34)ccc12.Cn1nc(-c2ccc(N)cc2)c2c(N)ncnc21.Cn1nc(-c2ccc(O)c(O)c2)c2c(N)ncnc21.Cn1nc(-c2ccc3[nH]ccc3c2)c2c(N)ncnc21.Cn1nc(-c2ccc3occc3c2)c2c(N)ncnc21.Cn1nc(-c2cccc3c2oc2ccccc23)c2c(N)ncnc21. The highest BCUT2D eigenvalue weighted by molar-refractivity contribution is 6.13. The molecule has 0 aliphatic rings. The van der Waals surface area contributed by atoms with Gasteiger partial charge in [-0.05, 0) is 116 Å². The van der Waals surface area contributed by atoms with E-state index >= 15 is 0 Å². The monoisotopic (exact) mass is 1910 g/mol. The van der Waals surface area contributed by atoms with Gasteiger partial charge in [-0.15, -0.1) is 0 Å². The van der Waals surface area contributed by atoms with E-state index < -0.39 is 0 Å². The highest BCUT2D eigenvalue weighted by Crippen LogP contribution is 2.43. The van der Waals surface area contributed by atoms with Gasteiger partial charge in [0.1, 0.15) is 142 Å². The molecular formula is C100H88N40O4. The van der Waals surface area contributed by atoms with Crippen LogP contribution in [0.3, 0.4) is 0 Å². The number of fused-ring (bicyclic) bond motifs is 14. The number of phenolic OH excluding ortho intramolecular Hbond substituents is 2. The topological polar surface area (TPSA) is 640 Å². The van der Waals surface area contributed by atoms with Gasteiger partial charge >= 0.3 is 0 Å². The molecule has 0 aliphatic carbocycles. The second kappa shape index (κ2) is 36.5. The summed E-state index contributed by atoms with van der Waals surface area (Å²) in [7, 11) is 12.8. The van der Waals surface area contributed by atoms with Crippen LogP contribution in [0.25, 0.3) is 222 Å². The molecule has 712 valence electrons. The van der Waals surface area contributed by atoms with Crippen LogP contribution < -0.4 is 45.9 Å². The van der Waals surface area contributed by atoms with E-state index in [1.165, 1.54) is 67.4 Å². The number of anilines is 8. The molecule has 0 spiro atoms. The van der Waals surface area contributed by atoms with Crippen molar-refractivity contribution in [1.29, 1.82) is 0 Å². The molecule has 0 amide bonds. The van der Waals surface area contributed by atoms with Crippen LogP contribution in [0.15, 0.2) is 242 Å². The van der Waals surface area contributed by atoms with Crippen molar-refractivity contribution in [2.24, 2.45) is 49.3 Å². The third kappa shape index (κ3) is 16.2. The first kappa shape index (κ1) is 90.0. The number of nitrogen functional groups attached to an aromatic ring is 8. The number of nitrogens with zero attached hydrogens (tertiary/aromatic N) is 29. The van der Waals surface area contributed by atoms with Gasteiger partial charge in [-0.2, -0.15) is 40.8 Å². The number of furan rings is 2. The van der Waals surface area contributed by atoms with E-state index in [1.807, 2.05) is 164 Å². The lowest BCUT2D eigenvalue weighted by Gasteiger charge is -2.02. The highest BCUT2D eigenvalue weighted by Gasteiger charge is 2.26. The van der Waals surface area contributed by atoms with Crippen molar-refractivity contribution in [2.45, 2.75) is 20.3 Å². The number of aromatic amines is 3. The fraction of sp³-hybridized carbons (Fsp3) is 0.100. The third-order valence-electron chi connectivity index (χ3n) is 24.6. The van der Waals surface area contributed by atoms with Gasteiger partial charge in [0.15, 0.2) is 51.0 Å². The lowest BCUT2D eigenvalue weighted by Crippen LogP contribution is -1.95. The molecule has 144 heavy (non-hydrogen) atoms. The van der Waals surface area contributed by atoms with Crippen LogP contribution in [0.1, 0.15) is 18.2 Å². The number of para-hydroxylation sites is 2.